The van der Waals surface area contributed by atoms with Crippen LogP contribution < -0.4 is 5.32 Å². The average Bonchev–Trinajstić information content (AvgIpc) is 3.26. The van der Waals surface area contributed by atoms with Gasteiger partial charge in [0.2, 0.25) is 5.91 Å². The Bertz CT molecular complexity index is 623. The van der Waals surface area contributed by atoms with Crippen molar-refractivity contribution in [1.82, 2.24) is 10.2 Å². The molecule has 2 aliphatic rings. The molecule has 1 spiro atoms. The van der Waals surface area contributed by atoms with Gasteiger partial charge < -0.3 is 19.5 Å². The highest BCUT2D eigenvalue weighted by Gasteiger charge is 2.48. The normalized spacial score (nSPS) is 23.3. The van der Waals surface area contributed by atoms with Gasteiger partial charge in [-0.25, -0.2) is 0 Å². The first-order chi connectivity index (χ1) is 11.0. The van der Waals surface area contributed by atoms with Gasteiger partial charge in [-0.15, -0.1) is 0 Å². The van der Waals surface area contributed by atoms with E-state index in [0.717, 1.165) is 0 Å². The summed E-state index contributed by atoms with van der Waals surface area (Å²) in [7, 11) is 0. The van der Waals surface area contributed by atoms with E-state index in [-0.39, 0.29) is 17.7 Å². The van der Waals surface area contributed by atoms with Crippen LogP contribution in [0.2, 0.25) is 0 Å². The Labute approximate surface area is 134 Å². The number of nitrogens with one attached hydrogen (secondary N) is 1. The molecule has 7 nitrogen and oxygen atoms in total. The Balaban J connectivity index is 1.53. The number of carbonyl (C=O) groups is 2. The maximum atomic E-state index is 12.2. The number of carbonyl (C=O) groups excluding carboxylic acids is 2. The summed E-state index contributed by atoms with van der Waals surface area (Å²) in [4.78, 5) is 31.6. The Hall–Kier alpha value is -2.31. The highest BCUT2D eigenvalue weighted by atomic mass is 16.7. The molecule has 1 aromatic heterocycles. The van der Waals surface area contributed by atoms with Crippen molar-refractivity contribution in [1.29, 1.82) is 0 Å². The molecule has 2 aliphatic heterocycles. The summed E-state index contributed by atoms with van der Waals surface area (Å²) < 4.78 is 5.17. The van der Waals surface area contributed by atoms with Crippen molar-refractivity contribution >= 4 is 17.5 Å². The van der Waals surface area contributed by atoms with Crippen LogP contribution in [0, 0.1) is 5.92 Å². The molecule has 0 bridgehead atoms. The van der Waals surface area contributed by atoms with Gasteiger partial charge in [0.25, 0.3) is 5.91 Å². The summed E-state index contributed by atoms with van der Waals surface area (Å²) in [6, 6.07) is 3.56. The monoisotopic (exact) mass is 319 g/mol. The van der Waals surface area contributed by atoms with E-state index in [1.54, 1.807) is 23.3 Å². The van der Waals surface area contributed by atoms with Crippen molar-refractivity contribution in [2.24, 2.45) is 11.1 Å². The molecule has 124 valence electrons. The van der Waals surface area contributed by atoms with Crippen LogP contribution in [0.4, 0.5) is 0 Å². The molecule has 7 heteroatoms. The van der Waals surface area contributed by atoms with Crippen LogP contribution in [0.3, 0.4) is 0 Å². The fourth-order valence-electron chi connectivity index (χ4n) is 2.94. The third kappa shape index (κ3) is 3.23. The lowest BCUT2D eigenvalue weighted by Gasteiger charge is -2.22. The molecule has 3 heterocycles. The van der Waals surface area contributed by atoms with Crippen molar-refractivity contribution < 1.29 is 18.8 Å². The molecule has 0 aromatic carbocycles. The highest BCUT2D eigenvalue weighted by molar-refractivity contribution is 6.39. The number of furan rings is 1. The molecule has 0 saturated carbocycles. The number of oxime groups is 1. The summed E-state index contributed by atoms with van der Waals surface area (Å²) in [5, 5.41) is 6.71. The predicted molar refractivity (Wildman–Crippen MR) is 82.5 cm³/mol. The van der Waals surface area contributed by atoms with E-state index in [0.29, 0.717) is 43.9 Å². The lowest BCUT2D eigenvalue weighted by molar-refractivity contribution is -0.134. The standard InChI is InChI=1S/C16H21N3O4/c1-11(2)15(21)19-6-5-16(10-19)8-13(18-23-16)14(20)17-9-12-4-3-7-22-12/h3-4,7,11H,5-6,8-10H2,1-2H3,(H,17,20). The maximum absolute atomic E-state index is 12.2. The van der Waals surface area contributed by atoms with E-state index in [1.807, 2.05) is 13.8 Å². The minimum Gasteiger partial charge on any atom is -0.467 e. The average molecular weight is 319 g/mol. The van der Waals surface area contributed by atoms with Crippen molar-refractivity contribution in [2.45, 2.75) is 38.8 Å². The van der Waals surface area contributed by atoms with Crippen LogP contribution in [-0.2, 0) is 21.0 Å². The summed E-state index contributed by atoms with van der Waals surface area (Å²) in [6.07, 6.45) is 2.69. The first kappa shape index (κ1) is 15.6. The van der Waals surface area contributed by atoms with E-state index in [9.17, 15) is 9.59 Å². The van der Waals surface area contributed by atoms with E-state index in [4.69, 9.17) is 9.25 Å². The third-order valence-electron chi connectivity index (χ3n) is 4.23. The molecular formula is C16H21N3O4. The first-order valence-electron chi connectivity index (χ1n) is 7.83. The van der Waals surface area contributed by atoms with E-state index >= 15 is 0 Å². The highest BCUT2D eigenvalue weighted by Crippen LogP contribution is 2.34. The molecule has 3 rings (SSSR count). The van der Waals surface area contributed by atoms with Gasteiger partial charge in [-0.3, -0.25) is 9.59 Å². The van der Waals surface area contributed by atoms with Crippen molar-refractivity contribution in [3.63, 3.8) is 0 Å². The molecule has 1 unspecified atom stereocenters. The van der Waals surface area contributed by atoms with Crippen LogP contribution in [-0.4, -0.2) is 41.1 Å². The van der Waals surface area contributed by atoms with Gasteiger partial charge in [0.15, 0.2) is 5.60 Å². The van der Waals surface area contributed by atoms with Gasteiger partial charge in [0.1, 0.15) is 11.5 Å². The third-order valence-corrected chi connectivity index (χ3v) is 4.23. The first-order valence-corrected chi connectivity index (χ1v) is 7.83. The number of likely N-dealkylation sites (tertiary alicyclic amines) is 1. The summed E-state index contributed by atoms with van der Waals surface area (Å²) in [6.45, 7) is 5.21. The molecule has 2 amide bonds. The van der Waals surface area contributed by atoms with E-state index in [2.05, 4.69) is 10.5 Å². The van der Waals surface area contributed by atoms with Crippen LogP contribution in [0.15, 0.2) is 28.0 Å². The van der Waals surface area contributed by atoms with Crippen LogP contribution in [0.25, 0.3) is 0 Å². The second kappa shape index (κ2) is 6.06. The zero-order chi connectivity index (χ0) is 16.4. The number of hydrogen-bond donors (Lipinski definition) is 1. The quantitative estimate of drug-likeness (QED) is 0.906. The fourth-order valence-corrected chi connectivity index (χ4v) is 2.94. The van der Waals surface area contributed by atoms with Crippen molar-refractivity contribution in [3.05, 3.63) is 24.2 Å². The van der Waals surface area contributed by atoms with Gasteiger partial charge in [-0.1, -0.05) is 19.0 Å². The van der Waals surface area contributed by atoms with E-state index in [1.165, 1.54) is 0 Å². The predicted octanol–water partition coefficient (Wildman–Crippen LogP) is 1.30. The molecule has 0 aliphatic carbocycles. The zero-order valence-corrected chi connectivity index (χ0v) is 13.4. The molecule has 1 saturated heterocycles. The molecule has 1 fully saturated rings. The van der Waals surface area contributed by atoms with Gasteiger partial charge in [-0.05, 0) is 12.1 Å². The Morgan fingerprint density at radius 2 is 2.30 bits per heavy atom. The zero-order valence-electron chi connectivity index (χ0n) is 13.4. The molecule has 0 radical (unpaired) electrons. The van der Waals surface area contributed by atoms with Crippen LogP contribution in [0.5, 0.6) is 0 Å². The molecule has 1 aromatic rings. The lowest BCUT2D eigenvalue weighted by atomic mass is 9.96. The Morgan fingerprint density at radius 3 is 3.00 bits per heavy atom. The number of rotatable bonds is 4. The second-order valence-corrected chi connectivity index (χ2v) is 6.42. The van der Waals surface area contributed by atoms with Gasteiger partial charge in [0.05, 0.1) is 19.4 Å². The number of nitrogens with zero attached hydrogens (tertiary/aromatic N) is 2. The molecule has 1 atom stereocenters. The number of hydrogen-bond acceptors (Lipinski definition) is 5. The Morgan fingerprint density at radius 1 is 1.48 bits per heavy atom. The second-order valence-electron chi connectivity index (χ2n) is 6.42. The maximum Gasteiger partial charge on any atom is 0.269 e. The minimum absolute atomic E-state index is 0.0384. The van der Waals surface area contributed by atoms with Gasteiger partial charge in [0, 0.05) is 25.3 Å². The van der Waals surface area contributed by atoms with Gasteiger partial charge >= 0.3 is 0 Å². The number of amides is 2. The van der Waals surface area contributed by atoms with Crippen molar-refractivity contribution in [3.8, 4) is 0 Å². The molecule has 23 heavy (non-hydrogen) atoms. The van der Waals surface area contributed by atoms with Crippen LogP contribution >= 0.6 is 0 Å². The molecule has 1 N–H and O–H groups in total. The summed E-state index contributed by atoms with van der Waals surface area (Å²) in [5.74, 6) is 0.499. The van der Waals surface area contributed by atoms with E-state index < -0.39 is 5.60 Å². The minimum atomic E-state index is -0.540. The van der Waals surface area contributed by atoms with Gasteiger partial charge in [-0.2, -0.15) is 0 Å². The lowest BCUT2D eigenvalue weighted by Crippen LogP contribution is -2.39. The summed E-state index contributed by atoms with van der Waals surface area (Å²) >= 11 is 0. The van der Waals surface area contributed by atoms with Crippen LogP contribution in [0.1, 0.15) is 32.4 Å². The van der Waals surface area contributed by atoms with Crippen molar-refractivity contribution in [2.75, 3.05) is 13.1 Å². The largest absolute Gasteiger partial charge is 0.467 e. The fraction of sp³-hybridized carbons (Fsp3) is 0.562. The SMILES string of the molecule is CC(C)C(=O)N1CCC2(CC(C(=O)NCc3ccco3)=NO2)C1. The summed E-state index contributed by atoms with van der Waals surface area (Å²) in [5.41, 5.74) is -0.169. The smallest absolute Gasteiger partial charge is 0.269 e. The molecular weight excluding hydrogens is 298 g/mol. The Kier molecular flexibility index (Phi) is 4.11. The topological polar surface area (TPSA) is 84.1 Å².